The fourth-order valence-corrected chi connectivity index (χ4v) is 1.99. The lowest BCUT2D eigenvalue weighted by Gasteiger charge is -2.36. The first-order valence-electron chi connectivity index (χ1n) is 5.60. The van der Waals surface area contributed by atoms with Gasteiger partial charge < -0.3 is 15.0 Å². The maximum Gasteiger partial charge on any atom is 0.242 e. The van der Waals surface area contributed by atoms with Crippen molar-refractivity contribution in [1.82, 2.24) is 10.2 Å². The third-order valence-corrected chi connectivity index (χ3v) is 3.07. The minimum atomic E-state index is -0.360. The molecule has 1 amide bonds. The molecule has 1 rings (SSSR count). The number of piperidine rings is 1. The summed E-state index contributed by atoms with van der Waals surface area (Å²) in [6.45, 7) is 4.20. The minimum absolute atomic E-state index is 0. The summed E-state index contributed by atoms with van der Waals surface area (Å²) in [5.74, 6) is 0.180. The van der Waals surface area contributed by atoms with Gasteiger partial charge in [-0.1, -0.05) is 0 Å². The number of carbonyl (C=O) groups is 1. The second-order valence-electron chi connectivity index (χ2n) is 4.44. The second-order valence-corrected chi connectivity index (χ2v) is 4.44. The molecule has 16 heavy (non-hydrogen) atoms. The summed E-state index contributed by atoms with van der Waals surface area (Å²) in [5.41, 5.74) is -0.360. The van der Waals surface area contributed by atoms with Gasteiger partial charge >= 0.3 is 0 Å². The lowest BCUT2D eigenvalue weighted by molar-refractivity contribution is -0.137. The van der Waals surface area contributed by atoms with Crippen LogP contribution in [0, 0.1) is 0 Å². The van der Waals surface area contributed by atoms with E-state index >= 15 is 0 Å². The summed E-state index contributed by atoms with van der Waals surface area (Å²) in [6, 6.07) is 0. The van der Waals surface area contributed by atoms with Gasteiger partial charge in [0.25, 0.3) is 0 Å². The standard InChI is InChI=1S/C11H22N2O2.ClH/c1-11(6-4-5-7-12-11)10(14)13(2)8-9-15-3;/h12H,4-9H2,1-3H3;1H. The Hall–Kier alpha value is -0.320. The minimum Gasteiger partial charge on any atom is -0.383 e. The molecule has 1 fully saturated rings. The van der Waals surface area contributed by atoms with Crippen LogP contribution in [0.3, 0.4) is 0 Å². The Labute approximate surface area is 104 Å². The number of likely N-dealkylation sites (N-methyl/N-ethyl adjacent to an activating group) is 1. The quantitative estimate of drug-likeness (QED) is 0.811. The van der Waals surface area contributed by atoms with Crippen LogP contribution in [0.5, 0.6) is 0 Å². The van der Waals surface area contributed by atoms with Crippen LogP contribution in [-0.2, 0) is 9.53 Å². The van der Waals surface area contributed by atoms with Gasteiger partial charge in [0.2, 0.25) is 5.91 Å². The van der Waals surface area contributed by atoms with Gasteiger partial charge in [0.1, 0.15) is 0 Å². The van der Waals surface area contributed by atoms with Crippen LogP contribution in [0.2, 0.25) is 0 Å². The Balaban J connectivity index is 0.00000225. The zero-order chi connectivity index (χ0) is 11.3. The van der Waals surface area contributed by atoms with E-state index < -0.39 is 0 Å². The number of nitrogens with one attached hydrogen (secondary N) is 1. The highest BCUT2D eigenvalue weighted by molar-refractivity contribution is 5.86. The van der Waals surface area contributed by atoms with Gasteiger partial charge in [0.15, 0.2) is 0 Å². The van der Waals surface area contributed by atoms with E-state index in [0.29, 0.717) is 13.2 Å². The summed E-state index contributed by atoms with van der Waals surface area (Å²) in [7, 11) is 3.49. The highest BCUT2D eigenvalue weighted by Gasteiger charge is 2.35. The van der Waals surface area contributed by atoms with Crippen molar-refractivity contribution in [2.45, 2.75) is 31.7 Å². The summed E-state index contributed by atoms with van der Waals surface area (Å²) in [5, 5.41) is 3.32. The van der Waals surface area contributed by atoms with Crippen LogP contribution in [-0.4, -0.2) is 50.2 Å². The second kappa shape index (κ2) is 7.09. The number of ether oxygens (including phenoxy) is 1. The lowest BCUT2D eigenvalue weighted by Crippen LogP contribution is -2.57. The average molecular weight is 251 g/mol. The van der Waals surface area contributed by atoms with Gasteiger partial charge in [-0.15, -0.1) is 12.4 Å². The van der Waals surface area contributed by atoms with Crippen molar-refractivity contribution in [2.24, 2.45) is 0 Å². The maximum atomic E-state index is 12.1. The van der Waals surface area contributed by atoms with Crippen molar-refractivity contribution in [3.63, 3.8) is 0 Å². The van der Waals surface area contributed by atoms with Crippen LogP contribution in [0.1, 0.15) is 26.2 Å². The predicted octanol–water partition coefficient (Wildman–Crippen LogP) is 1.05. The van der Waals surface area contributed by atoms with Gasteiger partial charge in [-0.3, -0.25) is 4.79 Å². The molecule has 4 nitrogen and oxygen atoms in total. The number of rotatable bonds is 4. The van der Waals surface area contributed by atoms with Gasteiger partial charge in [-0.05, 0) is 32.7 Å². The normalized spacial score (nSPS) is 24.7. The van der Waals surface area contributed by atoms with E-state index in [1.807, 2.05) is 14.0 Å². The molecule has 1 heterocycles. The largest absolute Gasteiger partial charge is 0.383 e. The third kappa shape index (κ3) is 3.92. The van der Waals surface area contributed by atoms with E-state index in [9.17, 15) is 4.79 Å². The van der Waals surface area contributed by atoms with E-state index in [4.69, 9.17) is 4.74 Å². The van der Waals surface area contributed by atoms with Crippen LogP contribution in [0.15, 0.2) is 0 Å². The Bertz CT molecular complexity index is 218. The summed E-state index contributed by atoms with van der Waals surface area (Å²) in [6.07, 6.45) is 3.24. The number of halogens is 1. The molecule has 0 aromatic heterocycles. The molecule has 0 saturated carbocycles. The number of methoxy groups -OCH3 is 1. The zero-order valence-corrected chi connectivity index (χ0v) is 11.2. The molecule has 1 saturated heterocycles. The van der Waals surface area contributed by atoms with Crippen molar-refractivity contribution < 1.29 is 9.53 Å². The van der Waals surface area contributed by atoms with Crippen LogP contribution >= 0.6 is 12.4 Å². The van der Waals surface area contributed by atoms with E-state index in [2.05, 4.69) is 5.32 Å². The molecule has 0 spiro atoms. The molecule has 1 aliphatic heterocycles. The molecule has 0 aromatic rings. The summed E-state index contributed by atoms with van der Waals surface area (Å²) < 4.78 is 4.97. The molecule has 0 radical (unpaired) electrons. The number of nitrogens with zero attached hydrogens (tertiary/aromatic N) is 1. The first-order chi connectivity index (χ1) is 7.10. The highest BCUT2D eigenvalue weighted by Crippen LogP contribution is 2.20. The molecule has 1 N–H and O–H groups in total. The van der Waals surface area contributed by atoms with Gasteiger partial charge in [-0.2, -0.15) is 0 Å². The maximum absolute atomic E-state index is 12.1. The van der Waals surface area contributed by atoms with Gasteiger partial charge in [0, 0.05) is 20.7 Å². The molecule has 1 unspecified atom stereocenters. The fraction of sp³-hybridized carbons (Fsp3) is 0.909. The number of amides is 1. The fourth-order valence-electron chi connectivity index (χ4n) is 1.99. The van der Waals surface area contributed by atoms with Crippen LogP contribution in [0.25, 0.3) is 0 Å². The first kappa shape index (κ1) is 15.7. The van der Waals surface area contributed by atoms with Crippen LogP contribution < -0.4 is 5.32 Å². The predicted molar refractivity (Wildman–Crippen MR) is 67.0 cm³/mol. The topological polar surface area (TPSA) is 41.6 Å². The molecule has 0 bridgehead atoms. The molecule has 1 aliphatic rings. The van der Waals surface area contributed by atoms with E-state index in [0.717, 1.165) is 19.4 Å². The summed E-state index contributed by atoms with van der Waals surface area (Å²) >= 11 is 0. The number of hydrogen-bond acceptors (Lipinski definition) is 3. The molecular formula is C11H23ClN2O2. The Morgan fingerprint density at radius 1 is 1.50 bits per heavy atom. The summed E-state index contributed by atoms with van der Waals surface area (Å²) in [4.78, 5) is 13.9. The smallest absolute Gasteiger partial charge is 0.242 e. The highest BCUT2D eigenvalue weighted by atomic mass is 35.5. The Morgan fingerprint density at radius 3 is 2.69 bits per heavy atom. The van der Waals surface area contributed by atoms with E-state index in [1.165, 1.54) is 6.42 Å². The first-order valence-corrected chi connectivity index (χ1v) is 5.60. The average Bonchev–Trinajstić information content (AvgIpc) is 2.26. The molecular weight excluding hydrogens is 228 g/mol. The van der Waals surface area contributed by atoms with Gasteiger partial charge in [-0.25, -0.2) is 0 Å². The van der Waals surface area contributed by atoms with Crippen molar-refractivity contribution >= 4 is 18.3 Å². The van der Waals surface area contributed by atoms with Gasteiger partial charge in [0.05, 0.1) is 12.1 Å². The van der Waals surface area contributed by atoms with Crippen molar-refractivity contribution in [3.05, 3.63) is 0 Å². The number of carbonyl (C=O) groups excluding carboxylic acids is 1. The zero-order valence-electron chi connectivity index (χ0n) is 10.4. The molecule has 96 valence electrons. The Kier molecular flexibility index (Phi) is 6.95. The molecule has 1 atom stereocenters. The molecule has 5 heteroatoms. The van der Waals surface area contributed by atoms with Crippen molar-refractivity contribution in [1.29, 1.82) is 0 Å². The van der Waals surface area contributed by atoms with E-state index in [-0.39, 0.29) is 23.9 Å². The van der Waals surface area contributed by atoms with Crippen molar-refractivity contribution in [3.8, 4) is 0 Å². The SMILES string of the molecule is COCCN(C)C(=O)C1(C)CCCCN1.Cl. The van der Waals surface area contributed by atoms with Crippen LogP contribution in [0.4, 0.5) is 0 Å². The Morgan fingerprint density at radius 2 is 2.19 bits per heavy atom. The molecule has 0 aromatic carbocycles. The third-order valence-electron chi connectivity index (χ3n) is 3.07. The monoisotopic (exact) mass is 250 g/mol. The number of hydrogen-bond donors (Lipinski definition) is 1. The van der Waals surface area contributed by atoms with E-state index in [1.54, 1.807) is 12.0 Å². The van der Waals surface area contributed by atoms with Crippen molar-refractivity contribution in [2.75, 3.05) is 33.9 Å². The lowest BCUT2D eigenvalue weighted by atomic mass is 9.89. The molecule has 0 aliphatic carbocycles.